The quantitative estimate of drug-likeness (QED) is 0.643. The Morgan fingerprint density at radius 1 is 1.60 bits per heavy atom. The number of nitrogens with zero attached hydrogens (tertiary/aromatic N) is 1. The molecule has 0 unspecified atom stereocenters. The molecule has 1 aliphatic rings. The minimum Gasteiger partial charge on any atom is -0.295 e. The van der Waals surface area contributed by atoms with Crippen molar-refractivity contribution in [3.8, 4) is 0 Å². The van der Waals surface area contributed by atoms with Gasteiger partial charge in [0.2, 0.25) is 0 Å². The maximum absolute atomic E-state index is 12.3. The number of rotatable bonds is 0. The van der Waals surface area contributed by atoms with E-state index in [9.17, 15) is 18.0 Å². The lowest BCUT2D eigenvalue weighted by Crippen LogP contribution is -2.35. The predicted molar refractivity (Wildman–Crippen MR) is 52.3 cm³/mol. The van der Waals surface area contributed by atoms with Crippen molar-refractivity contribution in [3.63, 3.8) is 0 Å². The first-order valence-electron chi connectivity index (χ1n) is 3.70. The van der Waals surface area contributed by atoms with Crippen LogP contribution in [0.1, 0.15) is 0 Å². The van der Waals surface area contributed by atoms with Gasteiger partial charge in [-0.15, -0.1) is 0 Å². The molecule has 84 valence electrons. The Morgan fingerprint density at radius 2 is 2.20 bits per heavy atom. The van der Waals surface area contributed by atoms with E-state index in [4.69, 9.17) is 11.6 Å². The van der Waals surface area contributed by atoms with Gasteiger partial charge in [-0.1, -0.05) is 24.4 Å². The van der Waals surface area contributed by atoms with Crippen molar-refractivity contribution < 1.29 is 18.0 Å². The number of amides is 2. The molecule has 0 aromatic carbocycles. The first kappa shape index (κ1) is 12.3. The normalized spacial score (nSPS) is 17.0. The molecule has 0 aromatic rings. The summed E-state index contributed by atoms with van der Waals surface area (Å²) in [5.41, 5.74) is -0.976. The monoisotopic (exact) mass is 258 g/mol. The van der Waals surface area contributed by atoms with E-state index in [1.165, 1.54) is 0 Å². The number of thiol groups is 1. The number of carbonyl (C=O) groups is 1. The summed E-state index contributed by atoms with van der Waals surface area (Å²) < 4.78 is 38.8. The first-order chi connectivity index (χ1) is 6.84. The van der Waals surface area contributed by atoms with E-state index in [0.717, 1.165) is 11.0 Å². The molecule has 0 saturated carbocycles. The Bertz CT molecular complexity index is 340. The zero-order valence-electron chi connectivity index (χ0n) is 7.18. The standard InChI is InChI=1S/C7H6ClF3N2OS/c8-5-1-4(7(9,10)11)2-13(3-5)6(14)12-15/h1-2,15H,3H2,(H,12,14). The summed E-state index contributed by atoms with van der Waals surface area (Å²) in [7, 11) is 0. The van der Waals surface area contributed by atoms with Gasteiger partial charge in [-0.3, -0.25) is 9.62 Å². The molecule has 0 fully saturated rings. The van der Waals surface area contributed by atoms with E-state index in [2.05, 4.69) is 12.8 Å². The predicted octanol–water partition coefficient (Wildman–Crippen LogP) is 2.43. The van der Waals surface area contributed by atoms with E-state index >= 15 is 0 Å². The van der Waals surface area contributed by atoms with Gasteiger partial charge in [-0.25, -0.2) is 4.79 Å². The van der Waals surface area contributed by atoms with E-state index in [-0.39, 0.29) is 11.6 Å². The highest BCUT2D eigenvalue weighted by Crippen LogP contribution is 2.31. The lowest BCUT2D eigenvalue weighted by molar-refractivity contribution is -0.0893. The summed E-state index contributed by atoms with van der Waals surface area (Å²) in [6.07, 6.45) is -3.07. The third kappa shape index (κ3) is 3.07. The van der Waals surface area contributed by atoms with Crippen LogP contribution in [0.5, 0.6) is 0 Å². The molecule has 2 amide bonds. The fraction of sp³-hybridized carbons (Fsp3) is 0.286. The smallest absolute Gasteiger partial charge is 0.295 e. The number of hydrogen-bond acceptors (Lipinski definition) is 2. The van der Waals surface area contributed by atoms with Crippen LogP contribution < -0.4 is 4.72 Å². The van der Waals surface area contributed by atoms with Crippen LogP contribution in [0, 0.1) is 0 Å². The molecule has 0 spiro atoms. The average Bonchev–Trinajstić information content (AvgIpc) is 2.14. The molecule has 0 bridgehead atoms. The van der Waals surface area contributed by atoms with E-state index in [1.54, 1.807) is 0 Å². The Hall–Kier alpha value is -0.820. The minimum absolute atomic E-state index is 0.0678. The van der Waals surface area contributed by atoms with Gasteiger partial charge in [0.15, 0.2) is 0 Å². The summed E-state index contributed by atoms with van der Waals surface area (Å²) in [6.45, 7) is -0.104. The van der Waals surface area contributed by atoms with Crippen molar-refractivity contribution >= 4 is 30.4 Å². The molecule has 8 heteroatoms. The fourth-order valence-electron chi connectivity index (χ4n) is 0.978. The van der Waals surface area contributed by atoms with Crippen LogP contribution in [0.2, 0.25) is 0 Å². The molecule has 0 saturated heterocycles. The van der Waals surface area contributed by atoms with Gasteiger partial charge in [-0.2, -0.15) is 13.2 Å². The zero-order chi connectivity index (χ0) is 11.6. The molecule has 15 heavy (non-hydrogen) atoms. The number of urea groups is 1. The summed E-state index contributed by atoms with van der Waals surface area (Å²) in [5.74, 6) is 0. The lowest BCUT2D eigenvalue weighted by Gasteiger charge is -2.23. The summed E-state index contributed by atoms with van der Waals surface area (Å²) >= 11 is 8.93. The Labute approximate surface area is 94.1 Å². The molecule has 0 atom stereocenters. The summed E-state index contributed by atoms with van der Waals surface area (Å²) in [4.78, 5) is 11.8. The van der Waals surface area contributed by atoms with E-state index in [0.29, 0.717) is 6.20 Å². The van der Waals surface area contributed by atoms with Crippen molar-refractivity contribution in [1.29, 1.82) is 0 Å². The van der Waals surface area contributed by atoms with Gasteiger partial charge >= 0.3 is 12.2 Å². The summed E-state index contributed by atoms with van der Waals surface area (Å²) in [6, 6.07) is -0.772. The largest absolute Gasteiger partial charge is 0.417 e. The molecular weight excluding hydrogens is 253 g/mol. The zero-order valence-corrected chi connectivity index (χ0v) is 8.83. The van der Waals surface area contributed by atoms with Gasteiger partial charge in [0.05, 0.1) is 12.1 Å². The molecule has 0 aromatic heterocycles. The van der Waals surface area contributed by atoms with Crippen molar-refractivity contribution in [2.45, 2.75) is 6.18 Å². The average molecular weight is 259 g/mol. The number of allylic oxidation sites excluding steroid dienone is 2. The van der Waals surface area contributed by atoms with Crippen LogP contribution >= 0.6 is 24.4 Å². The Morgan fingerprint density at radius 3 is 2.67 bits per heavy atom. The van der Waals surface area contributed by atoms with Gasteiger partial charge < -0.3 is 0 Å². The second kappa shape index (κ2) is 4.36. The van der Waals surface area contributed by atoms with Crippen LogP contribution in [-0.2, 0) is 0 Å². The maximum atomic E-state index is 12.3. The molecule has 3 nitrogen and oxygen atoms in total. The second-order valence-electron chi connectivity index (χ2n) is 2.72. The van der Waals surface area contributed by atoms with Crippen LogP contribution in [-0.4, -0.2) is 23.7 Å². The van der Waals surface area contributed by atoms with Crippen molar-refractivity contribution in [3.05, 3.63) is 22.9 Å². The van der Waals surface area contributed by atoms with Crippen LogP contribution in [0.25, 0.3) is 0 Å². The highest BCUT2D eigenvalue weighted by atomic mass is 35.5. The van der Waals surface area contributed by atoms with Crippen LogP contribution in [0.3, 0.4) is 0 Å². The number of halogens is 4. The Balaban J connectivity index is 2.96. The van der Waals surface area contributed by atoms with E-state index < -0.39 is 17.8 Å². The van der Waals surface area contributed by atoms with Gasteiger partial charge in [0, 0.05) is 11.2 Å². The lowest BCUT2D eigenvalue weighted by atomic mass is 10.2. The maximum Gasteiger partial charge on any atom is 0.417 e. The van der Waals surface area contributed by atoms with Crippen molar-refractivity contribution in [1.82, 2.24) is 9.62 Å². The topological polar surface area (TPSA) is 32.3 Å². The minimum atomic E-state index is -4.53. The van der Waals surface area contributed by atoms with Crippen molar-refractivity contribution in [2.24, 2.45) is 0 Å². The SMILES string of the molecule is O=C(NS)N1C=C(C(F)(F)F)C=C(Cl)C1. The third-order valence-electron chi connectivity index (χ3n) is 1.61. The molecule has 1 aliphatic heterocycles. The molecule has 0 radical (unpaired) electrons. The Kier molecular flexibility index (Phi) is 3.56. The van der Waals surface area contributed by atoms with Crippen LogP contribution in [0.15, 0.2) is 22.9 Å². The van der Waals surface area contributed by atoms with Gasteiger partial charge in [-0.05, 0) is 6.08 Å². The van der Waals surface area contributed by atoms with E-state index in [1.807, 2.05) is 4.72 Å². The molecule has 1 N–H and O–H groups in total. The van der Waals surface area contributed by atoms with Crippen LogP contribution in [0.4, 0.5) is 18.0 Å². The number of nitrogens with one attached hydrogen (secondary N) is 1. The second-order valence-corrected chi connectivity index (χ2v) is 3.43. The first-order valence-corrected chi connectivity index (χ1v) is 4.53. The summed E-state index contributed by atoms with van der Waals surface area (Å²) in [5, 5.41) is -0.0678. The molecular formula is C7H6ClF3N2OS. The number of hydrogen-bond donors (Lipinski definition) is 2. The molecule has 0 aliphatic carbocycles. The van der Waals surface area contributed by atoms with Crippen molar-refractivity contribution in [2.75, 3.05) is 6.54 Å². The molecule has 1 rings (SSSR count). The highest BCUT2D eigenvalue weighted by Gasteiger charge is 2.35. The molecule has 1 heterocycles. The third-order valence-corrected chi connectivity index (χ3v) is 2.03. The number of carbonyl (C=O) groups excluding carboxylic acids is 1. The number of alkyl halides is 3. The highest BCUT2D eigenvalue weighted by molar-refractivity contribution is 7.78. The van der Waals surface area contributed by atoms with Gasteiger partial charge in [0.1, 0.15) is 0 Å². The van der Waals surface area contributed by atoms with Gasteiger partial charge in [0.25, 0.3) is 0 Å². The fourth-order valence-corrected chi connectivity index (χ4v) is 1.35.